The summed E-state index contributed by atoms with van der Waals surface area (Å²) in [5.74, 6) is 0.366. The van der Waals surface area contributed by atoms with Crippen molar-refractivity contribution in [3.63, 3.8) is 0 Å². The van der Waals surface area contributed by atoms with E-state index in [2.05, 4.69) is 9.98 Å². The molecule has 1 heterocycles. The van der Waals surface area contributed by atoms with Crippen LogP contribution >= 0.6 is 11.3 Å². The first-order valence-electron chi connectivity index (χ1n) is 8.40. The van der Waals surface area contributed by atoms with E-state index in [1.54, 1.807) is 19.2 Å². The lowest BCUT2D eigenvalue weighted by Gasteiger charge is -2.32. The van der Waals surface area contributed by atoms with Crippen LogP contribution < -0.4 is 0 Å². The number of hydrogen-bond donors (Lipinski definition) is 0. The first-order valence-corrected chi connectivity index (χ1v) is 9.28. The minimum atomic E-state index is -4.56. The number of nitrogens with zero attached hydrogens (tertiary/aromatic N) is 2. The van der Waals surface area contributed by atoms with Crippen molar-refractivity contribution in [3.8, 4) is 10.6 Å². The van der Waals surface area contributed by atoms with Crippen molar-refractivity contribution in [1.29, 1.82) is 0 Å². The fraction of sp³-hybridized carbons (Fsp3) is 0.474. The van der Waals surface area contributed by atoms with E-state index in [0.717, 1.165) is 43.2 Å². The van der Waals surface area contributed by atoms with Crippen molar-refractivity contribution in [2.75, 3.05) is 7.11 Å². The van der Waals surface area contributed by atoms with Gasteiger partial charge in [-0.1, -0.05) is 12.1 Å². The lowest BCUT2D eigenvalue weighted by Crippen LogP contribution is -2.41. The van der Waals surface area contributed by atoms with Crippen LogP contribution in [0.15, 0.2) is 28.7 Å². The normalized spacial score (nSPS) is 18.0. The van der Waals surface area contributed by atoms with Crippen molar-refractivity contribution < 1.29 is 17.9 Å². The minimum absolute atomic E-state index is 0.0327. The number of aromatic nitrogens is 1. The predicted molar refractivity (Wildman–Crippen MR) is 98.2 cm³/mol. The Balaban J connectivity index is 2.24. The summed E-state index contributed by atoms with van der Waals surface area (Å²) in [6, 6.07) is 3.15. The summed E-state index contributed by atoms with van der Waals surface area (Å²) in [6.45, 7) is 4.73. The summed E-state index contributed by atoms with van der Waals surface area (Å²) in [5.41, 5.74) is 0.291. The highest BCUT2D eigenvalue weighted by molar-refractivity contribution is 7.13. The molecule has 1 aliphatic carbocycles. The Morgan fingerprint density at radius 2 is 2.00 bits per heavy atom. The van der Waals surface area contributed by atoms with E-state index < -0.39 is 11.8 Å². The van der Waals surface area contributed by atoms with Gasteiger partial charge < -0.3 is 4.74 Å². The zero-order valence-corrected chi connectivity index (χ0v) is 16.0. The average molecular weight is 382 g/mol. The van der Waals surface area contributed by atoms with Crippen LogP contribution in [-0.4, -0.2) is 24.0 Å². The van der Waals surface area contributed by atoms with Crippen LogP contribution in [0.5, 0.6) is 0 Å². The Hall–Kier alpha value is -1.73. The zero-order chi connectivity index (χ0) is 19.1. The number of aliphatic imine (C=N–C) groups is 1. The number of halogens is 3. The molecule has 1 unspecified atom stereocenters. The molecular weight excluding hydrogens is 361 g/mol. The molecule has 0 spiro atoms. The smallest absolute Gasteiger partial charge is 0.364 e. The number of methoxy groups -OCH3 is 1. The molecule has 1 fully saturated rings. The van der Waals surface area contributed by atoms with E-state index in [1.807, 2.05) is 12.3 Å². The Kier molecular flexibility index (Phi) is 4.96. The van der Waals surface area contributed by atoms with E-state index in [-0.39, 0.29) is 5.56 Å². The topological polar surface area (TPSA) is 34.5 Å². The molecule has 3 rings (SSSR count). The first kappa shape index (κ1) is 19.0. The number of ether oxygens (including phenoxy) is 1. The highest BCUT2D eigenvalue weighted by atomic mass is 32.1. The van der Waals surface area contributed by atoms with Crippen LogP contribution in [0.4, 0.5) is 18.9 Å². The van der Waals surface area contributed by atoms with Crippen LogP contribution in [0.3, 0.4) is 0 Å². The fourth-order valence-corrected chi connectivity index (χ4v) is 3.68. The van der Waals surface area contributed by atoms with Gasteiger partial charge >= 0.3 is 6.18 Å². The Morgan fingerprint density at radius 1 is 1.31 bits per heavy atom. The highest BCUT2D eigenvalue weighted by Crippen LogP contribution is 2.48. The van der Waals surface area contributed by atoms with Gasteiger partial charge in [-0.3, -0.25) is 4.99 Å². The van der Waals surface area contributed by atoms with Crippen LogP contribution in [0.25, 0.3) is 10.6 Å². The van der Waals surface area contributed by atoms with Crippen LogP contribution in [0.1, 0.15) is 37.8 Å². The van der Waals surface area contributed by atoms with Crippen molar-refractivity contribution in [3.05, 3.63) is 34.8 Å². The summed E-state index contributed by atoms with van der Waals surface area (Å²) in [6.07, 6.45) is -0.803. The summed E-state index contributed by atoms with van der Waals surface area (Å²) in [5, 5.41) is 2.61. The first-order chi connectivity index (χ1) is 12.2. The van der Waals surface area contributed by atoms with Crippen molar-refractivity contribution in [1.82, 2.24) is 4.98 Å². The van der Waals surface area contributed by atoms with Gasteiger partial charge in [-0.25, -0.2) is 4.98 Å². The Morgan fingerprint density at radius 3 is 2.50 bits per heavy atom. The average Bonchev–Trinajstić information content (AvgIpc) is 3.30. The summed E-state index contributed by atoms with van der Waals surface area (Å²) < 4.78 is 46.4. The maximum Gasteiger partial charge on any atom is 0.421 e. The van der Waals surface area contributed by atoms with E-state index in [1.165, 1.54) is 17.4 Å². The van der Waals surface area contributed by atoms with Gasteiger partial charge in [-0.05, 0) is 45.1 Å². The number of alkyl halides is 3. The molecule has 0 aliphatic heterocycles. The van der Waals surface area contributed by atoms with Gasteiger partial charge in [-0.2, -0.15) is 13.2 Å². The van der Waals surface area contributed by atoms with Crippen LogP contribution in [0.2, 0.25) is 0 Å². The Labute approximate surface area is 154 Å². The van der Waals surface area contributed by atoms with Gasteiger partial charge in [0, 0.05) is 35.5 Å². The zero-order valence-electron chi connectivity index (χ0n) is 15.1. The van der Waals surface area contributed by atoms with E-state index in [9.17, 15) is 13.2 Å². The summed E-state index contributed by atoms with van der Waals surface area (Å²) >= 11 is 1.45. The maximum atomic E-state index is 13.8. The third-order valence-corrected chi connectivity index (χ3v) is 5.82. The lowest BCUT2D eigenvalue weighted by atomic mass is 9.89. The summed E-state index contributed by atoms with van der Waals surface area (Å²) in [4.78, 5) is 8.92. The van der Waals surface area contributed by atoms with E-state index in [0.29, 0.717) is 17.2 Å². The third kappa shape index (κ3) is 3.30. The molecule has 7 heteroatoms. The largest absolute Gasteiger partial charge is 0.421 e. The molecule has 1 aliphatic rings. The SMILES string of the molecule is COC(C)(c1ccc(-c2nccs2)c(C)c1N=C(C)C1CC1)C(F)(F)F. The molecule has 1 saturated carbocycles. The van der Waals surface area contributed by atoms with Gasteiger partial charge in [0.25, 0.3) is 0 Å². The monoisotopic (exact) mass is 382 g/mol. The van der Waals surface area contributed by atoms with E-state index >= 15 is 0 Å². The van der Waals surface area contributed by atoms with Gasteiger partial charge in [0.1, 0.15) is 5.01 Å². The molecular formula is C19H21F3N2OS. The molecule has 0 saturated heterocycles. The molecule has 0 radical (unpaired) electrons. The van der Waals surface area contributed by atoms with Crippen LogP contribution in [0, 0.1) is 12.8 Å². The second-order valence-electron chi connectivity index (χ2n) is 6.73. The third-order valence-electron chi connectivity index (χ3n) is 5.01. The standard InChI is InChI=1S/C19H21F3N2OS/c1-11-14(17-23-9-10-26-17)7-8-15(18(3,25-4)19(20,21)22)16(11)24-12(2)13-5-6-13/h7-10,13H,5-6H2,1-4H3. The molecule has 0 amide bonds. The quantitative estimate of drug-likeness (QED) is 0.591. The summed E-state index contributed by atoms with van der Waals surface area (Å²) in [7, 11) is 1.08. The molecule has 1 aromatic heterocycles. The van der Waals surface area contributed by atoms with Crippen molar-refractivity contribution in [2.24, 2.45) is 10.9 Å². The number of hydrogen-bond acceptors (Lipinski definition) is 4. The molecule has 3 nitrogen and oxygen atoms in total. The molecule has 2 aromatic rings. The Bertz CT molecular complexity index is 826. The van der Waals surface area contributed by atoms with Crippen molar-refractivity contribution >= 4 is 22.7 Å². The van der Waals surface area contributed by atoms with Gasteiger partial charge in [0.2, 0.25) is 0 Å². The van der Waals surface area contributed by atoms with Crippen LogP contribution in [-0.2, 0) is 10.3 Å². The molecule has 26 heavy (non-hydrogen) atoms. The lowest BCUT2D eigenvalue weighted by molar-refractivity contribution is -0.268. The number of rotatable bonds is 5. The second kappa shape index (κ2) is 6.78. The minimum Gasteiger partial charge on any atom is -0.364 e. The van der Waals surface area contributed by atoms with Gasteiger partial charge in [0.15, 0.2) is 5.60 Å². The van der Waals surface area contributed by atoms with Crippen molar-refractivity contribution in [2.45, 2.75) is 45.4 Å². The fourth-order valence-electron chi connectivity index (χ4n) is 2.96. The van der Waals surface area contributed by atoms with Gasteiger partial charge in [0.05, 0.1) is 5.69 Å². The number of benzene rings is 1. The number of thiazole rings is 1. The predicted octanol–water partition coefficient (Wildman–Crippen LogP) is 6.04. The van der Waals surface area contributed by atoms with Gasteiger partial charge in [-0.15, -0.1) is 11.3 Å². The molecule has 1 atom stereocenters. The molecule has 0 N–H and O–H groups in total. The molecule has 140 valence electrons. The maximum absolute atomic E-state index is 13.8. The molecule has 1 aromatic carbocycles. The van der Waals surface area contributed by atoms with E-state index in [4.69, 9.17) is 4.74 Å². The molecule has 0 bridgehead atoms. The highest BCUT2D eigenvalue weighted by Gasteiger charge is 2.54. The second-order valence-corrected chi connectivity index (χ2v) is 7.63.